The van der Waals surface area contributed by atoms with Gasteiger partial charge in [-0.05, 0) is 12.0 Å². The lowest BCUT2D eigenvalue weighted by Gasteiger charge is -2.21. The van der Waals surface area contributed by atoms with Crippen LogP contribution in [0.1, 0.15) is 31.7 Å². The highest BCUT2D eigenvalue weighted by Crippen LogP contribution is 2.11. The van der Waals surface area contributed by atoms with Crippen LogP contribution in [0.5, 0.6) is 0 Å². The summed E-state index contributed by atoms with van der Waals surface area (Å²) >= 11 is 0. The van der Waals surface area contributed by atoms with Gasteiger partial charge in [0.2, 0.25) is 6.41 Å². The number of carboxylic acid groups (broad SMARTS) is 1. The lowest BCUT2D eigenvalue weighted by molar-refractivity contribution is -0.184. The molecule has 20 heavy (non-hydrogen) atoms. The molecule has 1 N–H and O–H groups in total. The summed E-state index contributed by atoms with van der Waals surface area (Å²) in [6.45, 7) is 2.33. The van der Waals surface area contributed by atoms with Crippen molar-refractivity contribution in [3.63, 3.8) is 0 Å². The van der Waals surface area contributed by atoms with Gasteiger partial charge in [0.05, 0.1) is 12.5 Å². The van der Waals surface area contributed by atoms with Gasteiger partial charge in [-0.3, -0.25) is 14.4 Å². The summed E-state index contributed by atoms with van der Waals surface area (Å²) < 4.78 is 0. The van der Waals surface area contributed by atoms with Crippen molar-refractivity contribution in [1.82, 2.24) is 5.06 Å². The second-order valence-electron chi connectivity index (χ2n) is 4.64. The molecule has 0 aliphatic carbocycles. The van der Waals surface area contributed by atoms with Crippen LogP contribution in [0.25, 0.3) is 0 Å². The molecule has 5 heteroatoms. The molecule has 0 heterocycles. The Hall–Kier alpha value is -1.88. The zero-order valence-corrected chi connectivity index (χ0v) is 11.7. The molecule has 1 amide bonds. The maximum atomic E-state index is 11.1. The molecule has 1 aromatic carbocycles. The highest BCUT2D eigenvalue weighted by molar-refractivity contribution is 5.70. The molecule has 0 aliphatic rings. The van der Waals surface area contributed by atoms with Crippen LogP contribution in [0.2, 0.25) is 0 Å². The van der Waals surface area contributed by atoms with Crippen LogP contribution >= 0.6 is 0 Å². The van der Waals surface area contributed by atoms with E-state index >= 15 is 0 Å². The number of hydroxylamine groups is 2. The molecular formula is C15H21NO4. The maximum Gasteiger partial charge on any atom is 0.308 e. The van der Waals surface area contributed by atoms with Gasteiger partial charge in [0.1, 0.15) is 6.61 Å². The topological polar surface area (TPSA) is 66.8 Å². The largest absolute Gasteiger partial charge is 0.481 e. The lowest BCUT2D eigenvalue weighted by Crippen LogP contribution is -2.32. The molecule has 0 aromatic heterocycles. The van der Waals surface area contributed by atoms with Crippen molar-refractivity contribution in [2.45, 2.75) is 32.8 Å². The summed E-state index contributed by atoms with van der Waals surface area (Å²) in [5, 5.41) is 10.2. The van der Waals surface area contributed by atoms with Gasteiger partial charge in [0.25, 0.3) is 0 Å². The number of carboxylic acids is 1. The van der Waals surface area contributed by atoms with Crippen LogP contribution in [0.4, 0.5) is 0 Å². The molecule has 1 aromatic rings. The maximum absolute atomic E-state index is 11.1. The third-order valence-electron chi connectivity index (χ3n) is 3.01. The van der Waals surface area contributed by atoms with Gasteiger partial charge in [-0.2, -0.15) is 0 Å². The predicted octanol–water partition coefficient (Wildman–Crippen LogP) is 2.47. The number of hydrogen-bond acceptors (Lipinski definition) is 3. The Balaban J connectivity index is 2.48. The summed E-state index contributed by atoms with van der Waals surface area (Å²) in [5.74, 6) is -1.48. The highest BCUT2D eigenvalue weighted by atomic mass is 16.7. The second kappa shape index (κ2) is 9.09. The molecule has 1 atom stereocenters. The van der Waals surface area contributed by atoms with Gasteiger partial charge < -0.3 is 5.11 Å². The Morgan fingerprint density at radius 2 is 2.10 bits per heavy atom. The molecule has 0 aliphatic heterocycles. The van der Waals surface area contributed by atoms with Gasteiger partial charge in [-0.25, -0.2) is 5.06 Å². The zero-order valence-electron chi connectivity index (χ0n) is 11.7. The van der Waals surface area contributed by atoms with E-state index < -0.39 is 11.9 Å². The van der Waals surface area contributed by atoms with Crippen LogP contribution in [-0.4, -0.2) is 29.1 Å². The zero-order chi connectivity index (χ0) is 14.8. The third kappa shape index (κ3) is 5.84. The van der Waals surface area contributed by atoms with Crippen LogP contribution in [0.3, 0.4) is 0 Å². The first-order valence-electron chi connectivity index (χ1n) is 6.79. The minimum absolute atomic E-state index is 0.0751. The van der Waals surface area contributed by atoms with Gasteiger partial charge >= 0.3 is 5.97 Å². The van der Waals surface area contributed by atoms with Crippen molar-refractivity contribution in [2.75, 3.05) is 6.54 Å². The monoisotopic (exact) mass is 279 g/mol. The molecule has 0 fully saturated rings. The SMILES string of the molecule is CCCCC(CN(C=O)OCc1ccccc1)C(=O)O. The number of rotatable bonds is 10. The molecule has 110 valence electrons. The normalized spacial score (nSPS) is 11.8. The van der Waals surface area contributed by atoms with E-state index in [2.05, 4.69) is 0 Å². The summed E-state index contributed by atoms with van der Waals surface area (Å²) in [4.78, 5) is 27.4. The number of unbranched alkanes of at least 4 members (excludes halogenated alkanes) is 1. The number of benzene rings is 1. The Morgan fingerprint density at radius 3 is 2.65 bits per heavy atom. The molecular weight excluding hydrogens is 258 g/mol. The van der Waals surface area contributed by atoms with Crippen molar-refractivity contribution in [1.29, 1.82) is 0 Å². The molecule has 0 saturated heterocycles. The second-order valence-corrected chi connectivity index (χ2v) is 4.64. The van der Waals surface area contributed by atoms with E-state index in [0.717, 1.165) is 23.5 Å². The number of carbonyl (C=O) groups is 2. The first kappa shape index (κ1) is 16.2. The van der Waals surface area contributed by atoms with E-state index in [9.17, 15) is 9.59 Å². The third-order valence-corrected chi connectivity index (χ3v) is 3.01. The van der Waals surface area contributed by atoms with Crippen LogP contribution in [0, 0.1) is 5.92 Å². The van der Waals surface area contributed by atoms with Gasteiger partial charge in [0.15, 0.2) is 0 Å². The Kier molecular flexibility index (Phi) is 7.35. The minimum atomic E-state index is -0.895. The Labute approximate surface area is 119 Å². The Morgan fingerprint density at radius 1 is 1.40 bits per heavy atom. The predicted molar refractivity (Wildman–Crippen MR) is 74.7 cm³/mol. The Bertz CT molecular complexity index is 408. The molecule has 1 rings (SSSR count). The van der Waals surface area contributed by atoms with E-state index in [1.165, 1.54) is 0 Å². The number of amides is 1. The van der Waals surface area contributed by atoms with Crippen molar-refractivity contribution in [2.24, 2.45) is 5.92 Å². The van der Waals surface area contributed by atoms with Crippen LogP contribution in [0.15, 0.2) is 30.3 Å². The van der Waals surface area contributed by atoms with E-state index in [4.69, 9.17) is 9.94 Å². The molecule has 0 spiro atoms. The molecule has 1 unspecified atom stereocenters. The van der Waals surface area contributed by atoms with E-state index in [1.54, 1.807) is 0 Å². The van der Waals surface area contributed by atoms with Gasteiger partial charge in [0, 0.05) is 0 Å². The number of aliphatic carboxylic acids is 1. The first-order valence-corrected chi connectivity index (χ1v) is 6.79. The van der Waals surface area contributed by atoms with Crippen molar-refractivity contribution < 1.29 is 19.5 Å². The first-order chi connectivity index (χ1) is 9.67. The van der Waals surface area contributed by atoms with E-state index in [-0.39, 0.29) is 13.2 Å². The summed E-state index contributed by atoms with van der Waals surface area (Å²) in [6.07, 6.45) is 2.83. The summed E-state index contributed by atoms with van der Waals surface area (Å²) in [5.41, 5.74) is 0.930. The summed E-state index contributed by atoms with van der Waals surface area (Å²) in [7, 11) is 0. The fourth-order valence-electron chi connectivity index (χ4n) is 1.82. The lowest BCUT2D eigenvalue weighted by atomic mass is 10.0. The molecule has 0 saturated carbocycles. The quantitative estimate of drug-likeness (QED) is 0.528. The number of hydrogen-bond donors (Lipinski definition) is 1. The van der Waals surface area contributed by atoms with Crippen LogP contribution in [-0.2, 0) is 21.0 Å². The van der Waals surface area contributed by atoms with Crippen LogP contribution < -0.4 is 0 Å². The number of carbonyl (C=O) groups excluding carboxylic acids is 1. The molecule has 0 bridgehead atoms. The number of nitrogens with zero attached hydrogens (tertiary/aromatic N) is 1. The van der Waals surface area contributed by atoms with Crippen molar-refractivity contribution in [3.05, 3.63) is 35.9 Å². The standard InChI is InChI=1S/C15H21NO4/c1-2-3-9-14(15(18)19)10-16(12-17)20-11-13-7-5-4-6-8-13/h4-8,12,14H,2-3,9-11H2,1H3,(H,18,19). The fourth-order valence-corrected chi connectivity index (χ4v) is 1.82. The summed E-state index contributed by atoms with van der Waals surface area (Å²) in [6, 6.07) is 9.42. The smallest absolute Gasteiger partial charge is 0.308 e. The van der Waals surface area contributed by atoms with Crippen molar-refractivity contribution in [3.8, 4) is 0 Å². The average molecular weight is 279 g/mol. The average Bonchev–Trinajstić information content (AvgIpc) is 2.47. The minimum Gasteiger partial charge on any atom is -0.481 e. The molecule has 5 nitrogen and oxygen atoms in total. The highest BCUT2D eigenvalue weighted by Gasteiger charge is 2.20. The molecule has 0 radical (unpaired) electrons. The van der Waals surface area contributed by atoms with E-state index in [0.29, 0.717) is 12.8 Å². The van der Waals surface area contributed by atoms with E-state index in [1.807, 2.05) is 37.3 Å². The van der Waals surface area contributed by atoms with Crippen molar-refractivity contribution >= 4 is 12.4 Å². The van der Waals surface area contributed by atoms with Gasteiger partial charge in [-0.15, -0.1) is 0 Å². The fraction of sp³-hybridized carbons (Fsp3) is 0.467. The van der Waals surface area contributed by atoms with Gasteiger partial charge in [-0.1, -0.05) is 50.1 Å².